The maximum absolute atomic E-state index is 12.1. The molecule has 0 bridgehead atoms. The number of carbonyl (C=O) groups is 1. The molecule has 0 aromatic heterocycles. The van der Waals surface area contributed by atoms with Gasteiger partial charge in [0.15, 0.2) is 0 Å². The van der Waals surface area contributed by atoms with Crippen LogP contribution in [0.5, 0.6) is 0 Å². The van der Waals surface area contributed by atoms with Gasteiger partial charge < -0.3 is 10.6 Å². The highest BCUT2D eigenvalue weighted by Crippen LogP contribution is 2.27. The lowest BCUT2D eigenvalue weighted by molar-refractivity contribution is -0.384. The van der Waals surface area contributed by atoms with Gasteiger partial charge >= 0.3 is 0 Å². The fourth-order valence-corrected chi connectivity index (χ4v) is 2.35. The molecule has 0 spiro atoms. The summed E-state index contributed by atoms with van der Waals surface area (Å²) in [4.78, 5) is 22.8. The highest BCUT2D eigenvalue weighted by atomic mass is 16.6. The van der Waals surface area contributed by atoms with E-state index in [1.165, 1.54) is 6.07 Å². The van der Waals surface area contributed by atoms with Crippen LogP contribution in [-0.4, -0.2) is 17.4 Å². The van der Waals surface area contributed by atoms with Crippen LogP contribution in [0.4, 0.5) is 11.4 Å². The Bertz CT molecular complexity index is 745. The number of nitro benzene ring substituents is 1. The standard InChI is InChI=1S/C18H21N3O3/c1-12-9-16(17(21(23)24)10-13(12)2)20-18(22)11-19-14(3)15-7-5-4-6-8-15/h4-10,14,19H,11H2,1-3H3,(H,20,22)/t14-/m1/s1. The molecule has 2 aromatic carbocycles. The minimum absolute atomic E-state index is 0.00619. The van der Waals surface area contributed by atoms with Gasteiger partial charge in [-0.05, 0) is 43.5 Å². The van der Waals surface area contributed by atoms with Gasteiger partial charge in [0.25, 0.3) is 5.69 Å². The molecule has 2 N–H and O–H groups in total. The van der Waals surface area contributed by atoms with Crippen molar-refractivity contribution in [1.82, 2.24) is 5.32 Å². The molecule has 1 atom stereocenters. The number of aryl methyl sites for hydroxylation is 2. The van der Waals surface area contributed by atoms with Crippen LogP contribution >= 0.6 is 0 Å². The molecule has 2 rings (SSSR count). The van der Waals surface area contributed by atoms with E-state index in [-0.39, 0.29) is 29.9 Å². The molecule has 0 heterocycles. The SMILES string of the molecule is Cc1cc(NC(=O)CN[C@H](C)c2ccccc2)c([N+](=O)[O-])cc1C. The third-order valence-corrected chi connectivity index (χ3v) is 3.95. The summed E-state index contributed by atoms with van der Waals surface area (Å²) in [7, 11) is 0. The molecule has 0 radical (unpaired) electrons. The van der Waals surface area contributed by atoms with Crippen LogP contribution in [0.15, 0.2) is 42.5 Å². The van der Waals surface area contributed by atoms with Crippen LogP contribution in [0.1, 0.15) is 29.7 Å². The molecule has 6 nitrogen and oxygen atoms in total. The second-order valence-electron chi connectivity index (χ2n) is 5.77. The smallest absolute Gasteiger partial charge is 0.293 e. The summed E-state index contributed by atoms with van der Waals surface area (Å²) in [5.41, 5.74) is 2.91. The van der Waals surface area contributed by atoms with Gasteiger partial charge in [0.05, 0.1) is 11.5 Å². The number of carbonyl (C=O) groups excluding carboxylic acids is 1. The Kier molecular flexibility index (Phi) is 5.65. The van der Waals surface area contributed by atoms with Gasteiger partial charge in [-0.25, -0.2) is 0 Å². The number of nitro groups is 1. The van der Waals surface area contributed by atoms with Crippen molar-refractivity contribution in [1.29, 1.82) is 0 Å². The molecule has 0 saturated heterocycles. The Morgan fingerprint density at radius 2 is 1.79 bits per heavy atom. The summed E-state index contributed by atoms with van der Waals surface area (Å²) in [6, 6.07) is 12.9. The number of hydrogen-bond acceptors (Lipinski definition) is 4. The Hall–Kier alpha value is -2.73. The summed E-state index contributed by atoms with van der Waals surface area (Å²) < 4.78 is 0. The van der Waals surface area contributed by atoms with E-state index in [2.05, 4.69) is 10.6 Å². The molecule has 0 aliphatic rings. The predicted octanol–water partition coefficient (Wildman–Crippen LogP) is 3.50. The second-order valence-corrected chi connectivity index (χ2v) is 5.77. The quantitative estimate of drug-likeness (QED) is 0.628. The predicted molar refractivity (Wildman–Crippen MR) is 94.1 cm³/mol. The van der Waals surface area contributed by atoms with Crippen LogP contribution in [0.3, 0.4) is 0 Å². The first-order chi connectivity index (χ1) is 11.4. The molecule has 1 amide bonds. The third kappa shape index (κ3) is 4.39. The Morgan fingerprint density at radius 1 is 1.17 bits per heavy atom. The molecular weight excluding hydrogens is 306 g/mol. The Labute approximate surface area is 141 Å². The van der Waals surface area contributed by atoms with E-state index in [0.29, 0.717) is 0 Å². The van der Waals surface area contributed by atoms with Crippen molar-refractivity contribution in [2.75, 3.05) is 11.9 Å². The minimum Gasteiger partial charge on any atom is -0.319 e. The van der Waals surface area contributed by atoms with Gasteiger partial charge in [-0.15, -0.1) is 0 Å². The number of anilines is 1. The third-order valence-electron chi connectivity index (χ3n) is 3.95. The molecule has 126 valence electrons. The number of nitrogens with one attached hydrogen (secondary N) is 2. The maximum Gasteiger partial charge on any atom is 0.293 e. The van der Waals surface area contributed by atoms with E-state index in [1.807, 2.05) is 44.2 Å². The lowest BCUT2D eigenvalue weighted by atomic mass is 10.1. The number of amides is 1. The number of hydrogen-bond donors (Lipinski definition) is 2. The molecule has 0 saturated carbocycles. The van der Waals surface area contributed by atoms with E-state index in [9.17, 15) is 14.9 Å². The van der Waals surface area contributed by atoms with Gasteiger partial charge in [0, 0.05) is 12.1 Å². The highest BCUT2D eigenvalue weighted by Gasteiger charge is 2.17. The topological polar surface area (TPSA) is 84.3 Å². The van der Waals surface area contributed by atoms with Crippen molar-refractivity contribution >= 4 is 17.3 Å². The van der Waals surface area contributed by atoms with E-state index in [0.717, 1.165) is 16.7 Å². The number of rotatable bonds is 6. The maximum atomic E-state index is 12.1. The average molecular weight is 327 g/mol. The zero-order valence-corrected chi connectivity index (χ0v) is 14.0. The first kappa shape index (κ1) is 17.6. The van der Waals surface area contributed by atoms with Crippen molar-refractivity contribution in [3.8, 4) is 0 Å². The number of nitrogens with zero attached hydrogens (tertiary/aromatic N) is 1. The van der Waals surface area contributed by atoms with E-state index in [1.54, 1.807) is 13.0 Å². The van der Waals surface area contributed by atoms with Crippen LogP contribution < -0.4 is 10.6 Å². The highest BCUT2D eigenvalue weighted by molar-refractivity contribution is 5.94. The van der Waals surface area contributed by atoms with Crippen molar-refractivity contribution in [2.45, 2.75) is 26.8 Å². The van der Waals surface area contributed by atoms with Gasteiger partial charge in [-0.1, -0.05) is 30.3 Å². The van der Waals surface area contributed by atoms with Gasteiger partial charge in [-0.2, -0.15) is 0 Å². The van der Waals surface area contributed by atoms with Crippen LogP contribution in [0, 0.1) is 24.0 Å². The summed E-state index contributed by atoms with van der Waals surface area (Å²) in [6.45, 7) is 5.68. The number of benzene rings is 2. The van der Waals surface area contributed by atoms with Gasteiger partial charge in [0.1, 0.15) is 5.69 Å². The second kappa shape index (κ2) is 7.70. The van der Waals surface area contributed by atoms with Crippen LogP contribution in [0.25, 0.3) is 0 Å². The lowest BCUT2D eigenvalue weighted by Crippen LogP contribution is -2.30. The zero-order valence-electron chi connectivity index (χ0n) is 14.0. The average Bonchev–Trinajstić information content (AvgIpc) is 2.56. The molecule has 6 heteroatoms. The first-order valence-electron chi connectivity index (χ1n) is 7.72. The molecule has 0 unspecified atom stereocenters. The Morgan fingerprint density at radius 3 is 2.42 bits per heavy atom. The van der Waals surface area contributed by atoms with Crippen molar-refractivity contribution < 1.29 is 9.72 Å². The summed E-state index contributed by atoms with van der Waals surface area (Å²) in [5.74, 6) is -0.316. The minimum atomic E-state index is -0.484. The van der Waals surface area contributed by atoms with Crippen molar-refractivity contribution in [3.05, 3.63) is 69.3 Å². The van der Waals surface area contributed by atoms with Crippen LogP contribution in [-0.2, 0) is 4.79 Å². The summed E-state index contributed by atoms with van der Waals surface area (Å²) in [5, 5.41) is 16.9. The zero-order chi connectivity index (χ0) is 17.7. The van der Waals surface area contributed by atoms with Gasteiger partial charge in [0.2, 0.25) is 5.91 Å². The molecular formula is C18H21N3O3. The van der Waals surface area contributed by atoms with E-state index in [4.69, 9.17) is 0 Å². The van der Waals surface area contributed by atoms with Gasteiger partial charge in [-0.3, -0.25) is 14.9 Å². The molecule has 2 aromatic rings. The molecule has 24 heavy (non-hydrogen) atoms. The lowest BCUT2D eigenvalue weighted by Gasteiger charge is -2.14. The van der Waals surface area contributed by atoms with Crippen molar-refractivity contribution in [3.63, 3.8) is 0 Å². The normalized spacial score (nSPS) is 11.8. The fraction of sp³-hybridized carbons (Fsp3) is 0.278. The van der Waals surface area contributed by atoms with E-state index < -0.39 is 4.92 Å². The monoisotopic (exact) mass is 327 g/mol. The first-order valence-corrected chi connectivity index (χ1v) is 7.72. The molecule has 0 aliphatic heterocycles. The summed E-state index contributed by atoms with van der Waals surface area (Å²) >= 11 is 0. The van der Waals surface area contributed by atoms with Crippen LogP contribution in [0.2, 0.25) is 0 Å². The van der Waals surface area contributed by atoms with Crippen molar-refractivity contribution in [2.24, 2.45) is 0 Å². The molecule has 0 aliphatic carbocycles. The van der Waals surface area contributed by atoms with E-state index >= 15 is 0 Å². The largest absolute Gasteiger partial charge is 0.319 e. The molecule has 0 fully saturated rings. The summed E-state index contributed by atoms with van der Waals surface area (Å²) in [6.07, 6.45) is 0. The Balaban J connectivity index is 2.02. The fourth-order valence-electron chi connectivity index (χ4n) is 2.35.